The predicted molar refractivity (Wildman–Crippen MR) is 92.2 cm³/mol. The Kier molecular flexibility index (Phi) is 4.80. The first-order valence-electron chi connectivity index (χ1n) is 7.74. The van der Waals surface area contributed by atoms with Gasteiger partial charge in [-0.2, -0.15) is 0 Å². The van der Waals surface area contributed by atoms with E-state index < -0.39 is 5.97 Å². The van der Waals surface area contributed by atoms with Crippen LogP contribution < -0.4 is 5.32 Å². The van der Waals surface area contributed by atoms with Crippen molar-refractivity contribution >= 4 is 29.0 Å². The minimum absolute atomic E-state index is 0.137. The third kappa shape index (κ3) is 3.73. The molecule has 0 unspecified atom stereocenters. The highest BCUT2D eigenvalue weighted by molar-refractivity contribution is 7.09. The van der Waals surface area contributed by atoms with E-state index in [-0.39, 0.29) is 17.8 Å². The highest BCUT2D eigenvalue weighted by Crippen LogP contribution is 2.30. The molecule has 2 aromatic rings. The van der Waals surface area contributed by atoms with Crippen LogP contribution in [0.15, 0.2) is 29.6 Å². The molecule has 1 aromatic heterocycles. The van der Waals surface area contributed by atoms with Gasteiger partial charge >= 0.3 is 12.0 Å². The highest BCUT2D eigenvalue weighted by atomic mass is 32.1. The molecular formula is C17H19N3O3S. The molecule has 0 spiro atoms. The standard InChI is InChI=1S/C17H19N3O3S/c1-11-5-3-4-6-13(11)19-17(22)20(12-7-8-12)9-15-18-14(10-24-15)16(21)23-2/h3-6,10,12H,7-9H2,1-2H3,(H,19,22). The van der Waals surface area contributed by atoms with Gasteiger partial charge in [0.1, 0.15) is 5.01 Å². The number of hydrogen-bond acceptors (Lipinski definition) is 5. The van der Waals surface area contributed by atoms with Crippen molar-refractivity contribution in [1.29, 1.82) is 0 Å². The van der Waals surface area contributed by atoms with Gasteiger partial charge in [-0.3, -0.25) is 0 Å². The second kappa shape index (κ2) is 7.00. The normalized spacial score (nSPS) is 13.4. The van der Waals surface area contributed by atoms with Crippen molar-refractivity contribution < 1.29 is 14.3 Å². The van der Waals surface area contributed by atoms with Crippen LogP contribution in [-0.2, 0) is 11.3 Å². The SMILES string of the molecule is COC(=O)c1csc(CN(C(=O)Nc2ccccc2C)C2CC2)n1. The second-order valence-electron chi connectivity index (χ2n) is 5.72. The molecule has 0 aliphatic heterocycles. The maximum absolute atomic E-state index is 12.6. The zero-order valence-electron chi connectivity index (χ0n) is 13.6. The number of esters is 1. The van der Waals surface area contributed by atoms with Gasteiger partial charge in [0.15, 0.2) is 5.69 Å². The predicted octanol–water partition coefficient (Wildman–Crippen LogP) is 3.43. The van der Waals surface area contributed by atoms with Crippen LogP contribution in [0.25, 0.3) is 0 Å². The number of carbonyl (C=O) groups excluding carboxylic acids is 2. The third-order valence-corrected chi connectivity index (χ3v) is 4.72. The number of aryl methyl sites for hydroxylation is 1. The van der Waals surface area contributed by atoms with Crippen molar-refractivity contribution in [3.05, 3.63) is 45.9 Å². The number of carbonyl (C=O) groups is 2. The summed E-state index contributed by atoms with van der Waals surface area (Å²) in [4.78, 5) is 30.2. The van der Waals surface area contributed by atoms with Crippen LogP contribution in [0.1, 0.15) is 33.9 Å². The number of nitrogens with one attached hydrogen (secondary N) is 1. The summed E-state index contributed by atoms with van der Waals surface area (Å²) in [5.74, 6) is -0.458. The lowest BCUT2D eigenvalue weighted by Gasteiger charge is -2.22. The van der Waals surface area contributed by atoms with Gasteiger partial charge in [-0.25, -0.2) is 14.6 Å². The number of aromatic nitrogens is 1. The number of methoxy groups -OCH3 is 1. The van der Waals surface area contributed by atoms with Crippen LogP contribution in [0.2, 0.25) is 0 Å². The van der Waals surface area contributed by atoms with Crippen molar-refractivity contribution in [2.45, 2.75) is 32.4 Å². The third-order valence-electron chi connectivity index (χ3n) is 3.89. The Labute approximate surface area is 144 Å². The Morgan fingerprint density at radius 3 is 2.79 bits per heavy atom. The first-order valence-corrected chi connectivity index (χ1v) is 8.62. The first kappa shape index (κ1) is 16.4. The van der Waals surface area contributed by atoms with E-state index in [0.29, 0.717) is 6.54 Å². The van der Waals surface area contributed by atoms with E-state index in [4.69, 9.17) is 0 Å². The van der Waals surface area contributed by atoms with Crippen molar-refractivity contribution in [3.63, 3.8) is 0 Å². The summed E-state index contributed by atoms with van der Waals surface area (Å²) in [5, 5.41) is 5.35. The van der Waals surface area contributed by atoms with Gasteiger partial charge in [0, 0.05) is 17.1 Å². The number of rotatable bonds is 5. The molecule has 1 fully saturated rings. The summed E-state index contributed by atoms with van der Waals surface area (Å²) in [6, 6.07) is 7.78. The Hall–Kier alpha value is -2.41. The topological polar surface area (TPSA) is 71.5 Å². The molecule has 24 heavy (non-hydrogen) atoms. The number of amides is 2. The molecule has 1 saturated carbocycles. The van der Waals surface area contributed by atoms with Crippen molar-refractivity contribution in [3.8, 4) is 0 Å². The van der Waals surface area contributed by atoms with Crippen LogP contribution in [0, 0.1) is 6.92 Å². The first-order chi connectivity index (χ1) is 11.6. The molecule has 7 heteroatoms. The molecule has 1 heterocycles. The minimum Gasteiger partial charge on any atom is -0.464 e. The largest absolute Gasteiger partial charge is 0.464 e. The monoisotopic (exact) mass is 345 g/mol. The molecule has 0 radical (unpaired) electrons. The number of thiazole rings is 1. The van der Waals surface area contributed by atoms with Crippen molar-refractivity contribution in [2.24, 2.45) is 0 Å². The Morgan fingerprint density at radius 1 is 1.38 bits per heavy atom. The summed E-state index contributed by atoms with van der Waals surface area (Å²) in [5.41, 5.74) is 2.11. The Morgan fingerprint density at radius 2 is 2.12 bits per heavy atom. The molecular weight excluding hydrogens is 326 g/mol. The van der Waals surface area contributed by atoms with E-state index in [2.05, 4.69) is 15.0 Å². The maximum Gasteiger partial charge on any atom is 0.357 e. The average Bonchev–Trinajstić information content (AvgIpc) is 3.31. The molecule has 6 nitrogen and oxygen atoms in total. The quantitative estimate of drug-likeness (QED) is 0.843. The fourth-order valence-corrected chi connectivity index (χ4v) is 3.14. The van der Waals surface area contributed by atoms with E-state index in [0.717, 1.165) is 29.1 Å². The fraction of sp³-hybridized carbons (Fsp3) is 0.353. The van der Waals surface area contributed by atoms with Gasteiger partial charge in [0.25, 0.3) is 0 Å². The van der Waals surface area contributed by atoms with Crippen LogP contribution in [0.4, 0.5) is 10.5 Å². The summed E-state index contributed by atoms with van der Waals surface area (Å²) in [6.07, 6.45) is 1.99. The molecule has 0 atom stereocenters. The summed E-state index contributed by atoms with van der Waals surface area (Å²) in [7, 11) is 1.33. The van der Waals surface area contributed by atoms with E-state index in [1.165, 1.54) is 18.4 Å². The molecule has 1 aromatic carbocycles. The zero-order chi connectivity index (χ0) is 17.1. The van der Waals surface area contributed by atoms with Gasteiger partial charge < -0.3 is 15.0 Å². The number of hydrogen-bond donors (Lipinski definition) is 1. The summed E-state index contributed by atoms with van der Waals surface area (Å²) < 4.78 is 4.67. The molecule has 1 N–H and O–H groups in total. The lowest BCUT2D eigenvalue weighted by atomic mass is 10.2. The van der Waals surface area contributed by atoms with Gasteiger partial charge in [-0.1, -0.05) is 18.2 Å². The Bertz CT molecular complexity index is 755. The minimum atomic E-state index is -0.458. The van der Waals surface area contributed by atoms with Gasteiger partial charge in [0.05, 0.1) is 13.7 Å². The average molecular weight is 345 g/mol. The fourth-order valence-electron chi connectivity index (χ4n) is 2.38. The summed E-state index contributed by atoms with van der Waals surface area (Å²) in [6.45, 7) is 2.35. The molecule has 3 rings (SSSR count). The number of benzene rings is 1. The number of anilines is 1. The van der Waals surface area contributed by atoms with Gasteiger partial charge in [0.2, 0.25) is 0 Å². The number of urea groups is 1. The van der Waals surface area contributed by atoms with Crippen LogP contribution in [-0.4, -0.2) is 35.0 Å². The summed E-state index contributed by atoms with van der Waals surface area (Å²) >= 11 is 1.36. The second-order valence-corrected chi connectivity index (χ2v) is 6.66. The van der Waals surface area contributed by atoms with Crippen LogP contribution >= 0.6 is 11.3 Å². The smallest absolute Gasteiger partial charge is 0.357 e. The number of nitrogens with zero attached hydrogens (tertiary/aromatic N) is 2. The lowest BCUT2D eigenvalue weighted by Crippen LogP contribution is -2.36. The molecule has 126 valence electrons. The number of para-hydroxylation sites is 1. The zero-order valence-corrected chi connectivity index (χ0v) is 14.4. The van der Waals surface area contributed by atoms with Crippen LogP contribution in [0.5, 0.6) is 0 Å². The van der Waals surface area contributed by atoms with Gasteiger partial charge in [-0.15, -0.1) is 11.3 Å². The van der Waals surface area contributed by atoms with E-state index in [1.54, 1.807) is 10.3 Å². The van der Waals surface area contributed by atoms with E-state index in [9.17, 15) is 9.59 Å². The molecule has 2 amide bonds. The molecule has 0 bridgehead atoms. The number of ether oxygens (including phenoxy) is 1. The lowest BCUT2D eigenvalue weighted by molar-refractivity contribution is 0.0594. The van der Waals surface area contributed by atoms with Crippen molar-refractivity contribution in [1.82, 2.24) is 9.88 Å². The van der Waals surface area contributed by atoms with Crippen molar-refractivity contribution in [2.75, 3.05) is 12.4 Å². The van der Waals surface area contributed by atoms with E-state index in [1.807, 2.05) is 31.2 Å². The van der Waals surface area contributed by atoms with Gasteiger partial charge in [-0.05, 0) is 31.4 Å². The maximum atomic E-state index is 12.6. The highest BCUT2D eigenvalue weighted by Gasteiger charge is 2.33. The van der Waals surface area contributed by atoms with Crippen LogP contribution in [0.3, 0.4) is 0 Å². The molecule has 0 saturated heterocycles. The molecule has 1 aliphatic carbocycles. The Balaban J connectivity index is 1.71. The molecule has 1 aliphatic rings. The van der Waals surface area contributed by atoms with E-state index >= 15 is 0 Å².